The van der Waals surface area contributed by atoms with E-state index < -0.39 is 46.8 Å². The summed E-state index contributed by atoms with van der Waals surface area (Å²) < 4.78 is 19.4. The summed E-state index contributed by atoms with van der Waals surface area (Å²) in [5.41, 5.74) is 6.27. The summed E-state index contributed by atoms with van der Waals surface area (Å²) in [6, 6.07) is 0. The Bertz CT molecular complexity index is 3070. The molecule has 518 valence electrons. The Balaban J connectivity index is 0.00000556. The summed E-state index contributed by atoms with van der Waals surface area (Å²) in [4.78, 5) is 98.1. The van der Waals surface area contributed by atoms with Crippen LogP contribution in [0.15, 0.2) is 35.7 Å². The number of methoxy groups -OCH3 is 3. The summed E-state index contributed by atoms with van der Waals surface area (Å²) in [5.74, 6) is -0.204. The third kappa shape index (κ3) is 14.5. The second-order valence-corrected chi connectivity index (χ2v) is 29.3. The molecule has 8 aliphatic carbocycles. The molecule has 0 aliphatic heterocycles. The van der Waals surface area contributed by atoms with Crippen LogP contribution >= 0.6 is 0 Å². The van der Waals surface area contributed by atoms with E-state index in [2.05, 4.69) is 53.6 Å². The number of carbonyl (C=O) groups is 7. The van der Waals surface area contributed by atoms with Gasteiger partial charge in [0.05, 0.1) is 51.8 Å². The highest BCUT2D eigenvalue weighted by Crippen LogP contribution is 2.71. The molecule has 5 N–H and O–H groups in total. The van der Waals surface area contributed by atoms with E-state index in [0.717, 1.165) is 77.0 Å². The van der Waals surface area contributed by atoms with Crippen LogP contribution in [0.25, 0.3) is 0 Å². The summed E-state index contributed by atoms with van der Waals surface area (Å²) in [6.07, 6.45) is 22.1. The molecule has 2 aromatic rings. The Labute approximate surface area is 551 Å². The number of hydrogen-bond donors (Lipinski definition) is 4. The van der Waals surface area contributed by atoms with Crippen molar-refractivity contribution in [2.24, 2.45) is 68.8 Å². The van der Waals surface area contributed by atoms with Gasteiger partial charge < -0.3 is 50.2 Å². The predicted octanol–water partition coefficient (Wildman–Crippen LogP) is 6.53. The smallest absolute Gasteiger partial charge is 0.242 e. The van der Waals surface area contributed by atoms with E-state index >= 15 is 0 Å². The first-order valence-electron chi connectivity index (χ1n) is 34.0. The number of carbonyl (C=O) groups excluding carboxylic acids is 7. The first-order valence-corrected chi connectivity index (χ1v) is 34.0. The molecule has 4 amide bonds. The molecule has 0 bridgehead atoms. The van der Waals surface area contributed by atoms with Gasteiger partial charge in [-0.05, 0) is 174 Å². The van der Waals surface area contributed by atoms with Crippen LogP contribution < -0.4 is 11.1 Å². The van der Waals surface area contributed by atoms with Crippen molar-refractivity contribution in [3.05, 3.63) is 47.1 Å². The zero-order chi connectivity index (χ0) is 65.1. The minimum Gasteiger partial charge on any atom is -0.385 e. The largest absolute Gasteiger partial charge is 0.385 e. The number of Topliss-reactive ketones (excluding diaryl/α,β-unsaturated/α-hetero) is 1. The number of aliphatic hydroxyl groups is 2. The molecule has 6 saturated carbocycles. The number of rotatable bonds is 30. The number of hydrogen-bond acceptors (Lipinski definition) is 17. The van der Waals surface area contributed by atoms with Crippen LogP contribution in [0.2, 0.25) is 0 Å². The van der Waals surface area contributed by atoms with Crippen LogP contribution in [-0.4, -0.2) is 189 Å². The van der Waals surface area contributed by atoms with Crippen LogP contribution in [0.1, 0.15) is 182 Å². The number of nitrogens with two attached hydrogens (primary N) is 1. The van der Waals surface area contributed by atoms with Gasteiger partial charge >= 0.3 is 0 Å². The molecule has 93 heavy (non-hydrogen) atoms. The minimum absolute atomic E-state index is 0. The Morgan fingerprint density at radius 1 is 0.602 bits per heavy atom. The van der Waals surface area contributed by atoms with Gasteiger partial charge in [0, 0.05) is 96.7 Å². The van der Waals surface area contributed by atoms with Gasteiger partial charge in [-0.3, -0.25) is 42.9 Å². The molecule has 8 aliphatic rings. The van der Waals surface area contributed by atoms with Crippen molar-refractivity contribution in [1.82, 2.24) is 50.0 Å². The summed E-state index contributed by atoms with van der Waals surface area (Å²) in [6.45, 7) is 9.80. The van der Waals surface area contributed by atoms with Gasteiger partial charge in [-0.2, -0.15) is 0 Å². The molecule has 0 aromatic carbocycles. The van der Waals surface area contributed by atoms with E-state index in [4.69, 9.17) is 19.9 Å². The second kappa shape index (κ2) is 30.2. The Morgan fingerprint density at radius 3 is 1.53 bits per heavy atom. The third-order valence-corrected chi connectivity index (χ3v) is 24.7. The average molecular weight is 1300 g/mol. The van der Waals surface area contributed by atoms with Crippen molar-refractivity contribution in [2.45, 2.75) is 195 Å². The Kier molecular flexibility index (Phi) is 23.8. The molecule has 7 unspecified atom stereocenters. The normalized spacial score (nSPS) is 32.0. The number of aryl methyl sites for hydroxylation is 2. The number of ether oxygens (including phenoxy) is 3. The summed E-state index contributed by atoms with van der Waals surface area (Å²) >= 11 is 0. The van der Waals surface area contributed by atoms with Crippen molar-refractivity contribution in [2.75, 3.05) is 93.5 Å². The van der Waals surface area contributed by atoms with E-state index in [0.29, 0.717) is 98.5 Å². The first kappa shape index (κ1) is 73.2. The van der Waals surface area contributed by atoms with E-state index in [1.807, 2.05) is 24.5 Å². The van der Waals surface area contributed by atoms with Gasteiger partial charge in [0.15, 0.2) is 17.3 Å². The molecule has 2 heterocycles. The molecular formula is C70H111N11O12. The molecular weight excluding hydrogens is 1190 g/mol. The van der Waals surface area contributed by atoms with E-state index in [9.17, 15) is 43.8 Å². The summed E-state index contributed by atoms with van der Waals surface area (Å²) in [7, 11) is 4.48. The van der Waals surface area contributed by atoms with E-state index in [1.54, 1.807) is 9.36 Å². The quantitative estimate of drug-likeness (QED) is 0.0605. The van der Waals surface area contributed by atoms with Gasteiger partial charge in [0.1, 0.15) is 22.6 Å². The van der Waals surface area contributed by atoms with Crippen LogP contribution in [0.5, 0.6) is 0 Å². The van der Waals surface area contributed by atoms with Gasteiger partial charge in [-0.25, -0.2) is 0 Å². The Morgan fingerprint density at radius 2 is 1.05 bits per heavy atom. The molecule has 2 aromatic heterocycles. The maximum atomic E-state index is 14.7. The van der Waals surface area contributed by atoms with Crippen molar-refractivity contribution in [3.8, 4) is 0 Å². The average Bonchev–Trinajstić information content (AvgIpc) is 1.62. The van der Waals surface area contributed by atoms with Crippen LogP contribution in [0.4, 0.5) is 0 Å². The highest BCUT2D eigenvalue weighted by molar-refractivity contribution is 5.93. The molecule has 6 fully saturated rings. The molecule has 0 radical (unpaired) electrons. The lowest BCUT2D eigenvalue weighted by atomic mass is 9.46. The molecule has 23 heteroatoms. The van der Waals surface area contributed by atoms with Gasteiger partial charge in [0.2, 0.25) is 23.6 Å². The zero-order valence-corrected chi connectivity index (χ0v) is 55.3. The first-order chi connectivity index (χ1) is 43.4. The lowest BCUT2D eigenvalue weighted by Crippen LogP contribution is -2.53. The monoisotopic (exact) mass is 1300 g/mol. The van der Waals surface area contributed by atoms with Crippen molar-refractivity contribution >= 4 is 41.0 Å². The van der Waals surface area contributed by atoms with Crippen molar-refractivity contribution in [3.63, 3.8) is 0 Å². The third-order valence-electron chi connectivity index (χ3n) is 24.7. The molecule has 0 saturated heterocycles. The second-order valence-electron chi connectivity index (χ2n) is 29.3. The lowest BCUT2D eigenvalue weighted by molar-refractivity contribution is -0.145. The number of aromatic nitrogens is 6. The number of primary amides is 1. The predicted molar refractivity (Wildman–Crippen MR) is 349 cm³/mol. The number of fused-ring (bicyclic) bond motifs is 10. The SMILES string of the molecule is C.C.COCCC(CC(N)=O)C(=O)CN(CCOC)C(=O)CN(CCCn1cc([C@]2(O)CCC3C4CCC5=CC(=O)CC[C@]5(C)C4CC[C@@]32C)nn1)C(=O)CN(CCOC)C(=O)CNCCCn1cc([C@]2(O)CCC3C4CCC5=CC(=O)CC[C@]5(C)C4CC[C@@]32C)nn1. The number of amides is 4. The van der Waals surface area contributed by atoms with Crippen LogP contribution in [0.3, 0.4) is 0 Å². The Hall–Kier alpha value is -5.59. The highest BCUT2D eigenvalue weighted by Gasteiger charge is 2.67. The molecule has 13 atom stereocenters. The van der Waals surface area contributed by atoms with Crippen LogP contribution in [0, 0.1) is 63.1 Å². The fraction of sp³-hybridized carbons (Fsp3) is 0.786. The fourth-order valence-electron chi connectivity index (χ4n) is 19.3. The van der Waals surface area contributed by atoms with Crippen LogP contribution in [-0.2, 0) is 72.1 Å². The minimum atomic E-state index is -1.20. The molecule has 0 spiro atoms. The van der Waals surface area contributed by atoms with Crippen molar-refractivity contribution < 1.29 is 58.0 Å². The van der Waals surface area contributed by atoms with Gasteiger partial charge in [-0.1, -0.05) is 64.1 Å². The van der Waals surface area contributed by atoms with Crippen molar-refractivity contribution in [1.29, 1.82) is 0 Å². The lowest BCUT2D eigenvalue weighted by Gasteiger charge is -2.59. The van der Waals surface area contributed by atoms with E-state index in [1.165, 1.54) is 47.2 Å². The number of ketones is 3. The van der Waals surface area contributed by atoms with Gasteiger partial charge in [-0.15, -0.1) is 10.2 Å². The number of nitrogens with zero attached hydrogens (tertiary/aromatic N) is 9. The highest BCUT2D eigenvalue weighted by atomic mass is 16.5. The molecule has 10 rings (SSSR count). The maximum Gasteiger partial charge on any atom is 0.242 e. The summed E-state index contributed by atoms with van der Waals surface area (Å²) in [5, 5.41) is 46.8. The molecule has 23 nitrogen and oxygen atoms in total. The standard InChI is InChI=1S/C68H103N11O12.2CH4/c1-63-21-14-48(80)37-46(63)10-12-50-52(63)16-23-65(3)54(50)18-25-67(65,87)57-41-78(73-71-57)29-8-27-70-39-60(84)77(32-35-91-7)44-61(85)75(43-62(86)76(31-34-90-6)40-56(82)45(20-33-89-5)36-59(69)83)28-9-30-79-42-58(72-74-79)68(88)26-19-55-51-13-11-47-38-49(81)15-22-64(47,2)53(51)17-24-66(55,68)4;;/h37-38,41-42,45,50-55,70,87-88H,8-36,39-40,43-44H2,1-7H3,(H2,69,83);2*1H4/t45?,50?,51?,52?,53?,54?,55?,63-,64-,65-,66-,67+,68+;;/m0../s1. The van der Waals surface area contributed by atoms with E-state index in [-0.39, 0.29) is 133 Å². The topological polar surface area (TPSA) is 297 Å². The number of nitrogens with one attached hydrogen (secondary N) is 1. The van der Waals surface area contributed by atoms with Gasteiger partial charge in [0.25, 0.3) is 0 Å². The fourth-order valence-corrected chi connectivity index (χ4v) is 19.3. The zero-order valence-electron chi connectivity index (χ0n) is 55.3. The maximum absolute atomic E-state index is 14.7. The number of allylic oxidation sites excluding steroid dienone is 2.